The Morgan fingerprint density at radius 2 is 1.75 bits per heavy atom. The Balaban J connectivity index is 0.998. The molecule has 64 heavy (non-hydrogen) atoms. The zero-order valence-corrected chi connectivity index (χ0v) is 37.3. The van der Waals surface area contributed by atoms with Crippen LogP contribution in [0.5, 0.6) is 17.2 Å². The number of hydrogen-bond donors (Lipinski definition) is 3. The number of aromatic nitrogens is 2. The Hall–Kier alpha value is -5.75. The molecule has 1 aliphatic carbocycles. The number of ether oxygens (including phenoxy) is 3. The molecule has 2 fully saturated rings. The van der Waals surface area contributed by atoms with Crippen LogP contribution in [0.25, 0.3) is 16.5 Å². The molecule has 0 radical (unpaired) electrons. The van der Waals surface area contributed by atoms with Crippen LogP contribution in [0.15, 0.2) is 89.3 Å². The van der Waals surface area contributed by atoms with Gasteiger partial charge in [-0.15, -0.1) is 0 Å². The van der Waals surface area contributed by atoms with E-state index in [1.165, 1.54) is 22.8 Å². The first kappa shape index (κ1) is 44.8. The standard InChI is InChI=1S/C46H51ClFN7O8S/c1-45(2)16-14-31(36(28-45)30-6-8-32(47)9-7-30)15-19-53-20-22-54(23-21-53)33-10-12-35(41(26-33)63-40-5-3-4-37-42(40)43(49)51-50-37)44(56)52-64(59,60)34-11-13-39(38(27-34)55(57)58)62-29-46(48)17-24-61-25-18-46/h3-13,26-27H,14-25,28-29H2,1-2H3,(H,52,56)(H3,49,50,51). The van der Waals surface area contributed by atoms with Gasteiger partial charge in [-0.25, -0.2) is 17.5 Å². The van der Waals surface area contributed by atoms with Gasteiger partial charge >= 0.3 is 5.69 Å². The second-order valence-electron chi connectivity index (χ2n) is 17.5. The third kappa shape index (κ3) is 10.1. The molecule has 3 heterocycles. The first-order valence-electron chi connectivity index (χ1n) is 21.3. The number of piperazine rings is 1. The predicted molar refractivity (Wildman–Crippen MR) is 243 cm³/mol. The highest BCUT2D eigenvalue weighted by molar-refractivity contribution is 7.90. The van der Waals surface area contributed by atoms with Crippen LogP contribution < -0.4 is 24.8 Å². The number of alkyl halides is 1. The Morgan fingerprint density at radius 1 is 1.00 bits per heavy atom. The summed E-state index contributed by atoms with van der Waals surface area (Å²) in [4.78, 5) is 29.3. The number of sulfonamides is 1. The third-order valence-corrected chi connectivity index (χ3v) is 14.0. The number of aromatic amines is 1. The van der Waals surface area contributed by atoms with Crippen molar-refractivity contribution in [2.24, 2.45) is 5.41 Å². The number of rotatable bonds is 14. The van der Waals surface area contributed by atoms with Gasteiger partial charge in [0, 0.05) is 81.6 Å². The molecule has 4 N–H and O–H groups in total. The van der Waals surface area contributed by atoms with Gasteiger partial charge < -0.3 is 24.8 Å². The molecule has 338 valence electrons. The van der Waals surface area contributed by atoms with Crippen molar-refractivity contribution in [2.45, 2.75) is 62.9 Å². The summed E-state index contributed by atoms with van der Waals surface area (Å²) in [5, 5.41) is 20.2. The number of fused-ring (bicyclic) bond motifs is 1. The largest absolute Gasteiger partial charge is 0.483 e. The van der Waals surface area contributed by atoms with Crippen molar-refractivity contribution in [1.82, 2.24) is 19.8 Å². The van der Waals surface area contributed by atoms with Gasteiger partial charge in [0.15, 0.2) is 11.6 Å². The quantitative estimate of drug-likeness (QED) is 0.0710. The molecule has 2 saturated heterocycles. The number of nitrogen functional groups attached to an aromatic ring is 1. The topological polar surface area (TPSA) is 195 Å². The van der Waals surface area contributed by atoms with Crippen molar-refractivity contribution >= 4 is 61.2 Å². The lowest BCUT2D eigenvalue weighted by atomic mass is 9.72. The Labute approximate surface area is 375 Å². The average Bonchev–Trinajstić information content (AvgIpc) is 3.66. The highest BCUT2D eigenvalue weighted by atomic mass is 35.5. The van der Waals surface area contributed by atoms with Crippen molar-refractivity contribution in [3.05, 3.63) is 111 Å². The zero-order chi connectivity index (χ0) is 45.2. The van der Waals surface area contributed by atoms with Crippen molar-refractivity contribution in [3.63, 3.8) is 0 Å². The average molecular weight is 916 g/mol. The monoisotopic (exact) mass is 915 g/mol. The lowest BCUT2D eigenvalue weighted by molar-refractivity contribution is -0.386. The van der Waals surface area contributed by atoms with Gasteiger partial charge in [0.1, 0.15) is 23.8 Å². The second-order valence-corrected chi connectivity index (χ2v) is 19.6. The number of nitrogens with one attached hydrogen (secondary N) is 2. The summed E-state index contributed by atoms with van der Waals surface area (Å²) in [6.07, 6.45) is 4.31. The highest BCUT2D eigenvalue weighted by Crippen LogP contribution is 2.44. The minimum Gasteiger partial charge on any atom is -0.483 e. The van der Waals surface area contributed by atoms with Crippen LogP contribution in [0.3, 0.4) is 0 Å². The van der Waals surface area contributed by atoms with E-state index >= 15 is 4.39 Å². The molecular weight excluding hydrogens is 865 g/mol. The van der Waals surface area contributed by atoms with Crippen LogP contribution in [-0.4, -0.2) is 92.6 Å². The number of nitrogens with zero attached hydrogens (tertiary/aromatic N) is 4. The molecule has 4 aromatic carbocycles. The van der Waals surface area contributed by atoms with Gasteiger partial charge in [0.2, 0.25) is 0 Å². The number of hydrogen-bond acceptors (Lipinski definition) is 12. The van der Waals surface area contributed by atoms with Crippen molar-refractivity contribution in [1.29, 1.82) is 0 Å². The summed E-state index contributed by atoms with van der Waals surface area (Å²) < 4.78 is 61.7. The summed E-state index contributed by atoms with van der Waals surface area (Å²) in [7, 11) is -4.69. The lowest BCUT2D eigenvalue weighted by Gasteiger charge is -2.38. The summed E-state index contributed by atoms with van der Waals surface area (Å²) >= 11 is 6.23. The number of benzene rings is 4. The summed E-state index contributed by atoms with van der Waals surface area (Å²) in [5.41, 5.74) is 9.34. The van der Waals surface area contributed by atoms with Crippen molar-refractivity contribution in [3.8, 4) is 17.2 Å². The van der Waals surface area contributed by atoms with Gasteiger partial charge in [-0.05, 0) is 90.8 Å². The molecule has 0 saturated carbocycles. The van der Waals surface area contributed by atoms with Gasteiger partial charge in [0.05, 0.1) is 26.3 Å². The Morgan fingerprint density at radius 3 is 2.48 bits per heavy atom. The maximum Gasteiger partial charge on any atom is 0.312 e. The number of carbonyl (C=O) groups is 1. The molecule has 0 atom stereocenters. The minimum atomic E-state index is -4.69. The SMILES string of the molecule is CC1(C)CCC(CCN2CCN(c3ccc(C(=O)NS(=O)(=O)c4ccc(OCC5(F)CCOCC5)c([N+](=O)[O-])c4)c(Oc4cccc5[nH]nc(N)c45)c3)CC2)=C(c2ccc(Cl)cc2)C1. The normalized spacial score (nSPS) is 17.9. The summed E-state index contributed by atoms with van der Waals surface area (Å²) in [6, 6.07) is 21.1. The summed E-state index contributed by atoms with van der Waals surface area (Å²) in [6.45, 7) is 8.47. The van der Waals surface area contributed by atoms with E-state index in [2.05, 4.69) is 46.0 Å². The molecule has 3 aliphatic rings. The number of amides is 1. The minimum absolute atomic E-state index is 0.0469. The van der Waals surface area contributed by atoms with Gasteiger partial charge in [-0.1, -0.05) is 49.2 Å². The van der Waals surface area contributed by atoms with Crippen LogP contribution >= 0.6 is 11.6 Å². The number of nitrogens with two attached hydrogens (primary N) is 1. The van der Waals surface area contributed by atoms with E-state index < -0.39 is 43.7 Å². The number of carbonyl (C=O) groups excluding carboxylic acids is 1. The number of nitro groups is 1. The second kappa shape index (κ2) is 18.4. The summed E-state index contributed by atoms with van der Waals surface area (Å²) in [5.74, 6) is -0.858. The number of H-pyrrole nitrogens is 1. The maximum atomic E-state index is 15.2. The number of nitro benzene ring substituents is 1. The molecule has 5 aromatic rings. The van der Waals surface area contributed by atoms with E-state index in [-0.39, 0.29) is 60.1 Å². The van der Waals surface area contributed by atoms with Crippen LogP contribution in [0.1, 0.15) is 68.3 Å². The number of anilines is 2. The van der Waals surface area contributed by atoms with E-state index in [1.807, 2.05) is 16.9 Å². The predicted octanol–water partition coefficient (Wildman–Crippen LogP) is 8.69. The fourth-order valence-electron chi connectivity index (χ4n) is 8.59. The van der Waals surface area contributed by atoms with Gasteiger partial charge in [-0.2, -0.15) is 5.10 Å². The van der Waals surface area contributed by atoms with Crippen molar-refractivity contribution in [2.75, 3.05) is 63.2 Å². The molecule has 15 nitrogen and oxygen atoms in total. The van der Waals surface area contributed by atoms with Crippen LogP contribution in [0.4, 0.5) is 21.6 Å². The van der Waals surface area contributed by atoms with E-state index in [0.717, 1.165) is 74.2 Å². The van der Waals surface area contributed by atoms with Crippen LogP contribution in [-0.2, 0) is 14.8 Å². The number of allylic oxidation sites excluding steroid dienone is 1. The fourth-order valence-corrected chi connectivity index (χ4v) is 9.70. The van der Waals surface area contributed by atoms with Gasteiger partial charge in [-0.3, -0.25) is 24.9 Å². The highest BCUT2D eigenvalue weighted by Gasteiger charge is 2.35. The first-order chi connectivity index (χ1) is 30.6. The fraction of sp³-hybridized carbons (Fsp3) is 0.391. The van der Waals surface area contributed by atoms with E-state index in [0.29, 0.717) is 24.0 Å². The van der Waals surface area contributed by atoms with Crippen LogP contribution in [0, 0.1) is 15.5 Å². The lowest BCUT2D eigenvalue weighted by Crippen LogP contribution is -2.46. The zero-order valence-electron chi connectivity index (χ0n) is 35.7. The van der Waals surface area contributed by atoms with E-state index in [9.17, 15) is 23.3 Å². The molecule has 0 spiro atoms. The molecule has 1 amide bonds. The first-order valence-corrected chi connectivity index (χ1v) is 23.2. The Bertz CT molecular complexity index is 2700. The molecule has 2 aliphatic heterocycles. The van der Waals surface area contributed by atoms with Gasteiger partial charge in [0.25, 0.3) is 15.9 Å². The van der Waals surface area contributed by atoms with Crippen molar-refractivity contribution < 1.29 is 36.7 Å². The molecular formula is C46H51ClFN7O8S. The Kier molecular flexibility index (Phi) is 12.9. The molecule has 8 rings (SSSR count). The van der Waals surface area contributed by atoms with E-state index in [1.54, 1.807) is 30.3 Å². The number of halogens is 2. The third-order valence-electron chi connectivity index (χ3n) is 12.4. The van der Waals surface area contributed by atoms with E-state index in [4.69, 9.17) is 31.5 Å². The maximum absolute atomic E-state index is 15.2. The molecule has 18 heteroatoms. The molecule has 1 aromatic heterocycles. The molecule has 0 unspecified atom stereocenters. The van der Waals surface area contributed by atoms with Crippen LogP contribution in [0.2, 0.25) is 5.02 Å². The smallest absolute Gasteiger partial charge is 0.312 e. The molecule has 0 bridgehead atoms.